The molecule has 2 unspecified atom stereocenters. The molecule has 3 nitrogen and oxygen atoms in total. The van der Waals surface area contributed by atoms with E-state index >= 15 is 0 Å². The quantitative estimate of drug-likeness (QED) is 0.912. The van der Waals surface area contributed by atoms with Gasteiger partial charge in [-0.1, -0.05) is 11.6 Å². The number of likely N-dealkylation sites (N-methyl/N-ethyl adjacent to an activating group) is 1. The number of nitrogens with two attached hydrogens (primary N) is 1. The second kappa shape index (κ2) is 6.09. The number of aryl methyl sites for hydroxylation is 1. The van der Waals surface area contributed by atoms with Gasteiger partial charge in [-0.25, -0.2) is 0 Å². The van der Waals surface area contributed by atoms with Crippen LogP contribution in [0, 0.1) is 6.92 Å². The third-order valence-electron chi connectivity index (χ3n) is 3.06. The van der Waals surface area contributed by atoms with E-state index in [0.29, 0.717) is 0 Å². The van der Waals surface area contributed by atoms with E-state index < -0.39 is 0 Å². The lowest BCUT2D eigenvalue weighted by atomic mass is 10.1. The predicted molar refractivity (Wildman–Crippen MR) is 80.6 cm³/mol. The molecular formula is C14H19ClN2OS. The van der Waals surface area contributed by atoms with Crippen molar-refractivity contribution in [2.45, 2.75) is 32.5 Å². The van der Waals surface area contributed by atoms with Crippen molar-refractivity contribution in [2.75, 3.05) is 7.05 Å². The van der Waals surface area contributed by atoms with Crippen LogP contribution in [-0.2, 0) is 6.54 Å². The minimum Gasteiger partial charge on any atom is -0.465 e. The highest BCUT2D eigenvalue weighted by Gasteiger charge is 2.24. The highest BCUT2D eigenvalue weighted by Crippen LogP contribution is 2.28. The molecule has 0 aliphatic heterocycles. The van der Waals surface area contributed by atoms with Crippen molar-refractivity contribution in [3.05, 3.63) is 45.0 Å². The molecule has 5 heteroatoms. The first-order valence-electron chi connectivity index (χ1n) is 6.23. The van der Waals surface area contributed by atoms with Gasteiger partial charge in [-0.3, -0.25) is 4.90 Å². The van der Waals surface area contributed by atoms with Gasteiger partial charge in [0, 0.05) is 17.5 Å². The monoisotopic (exact) mass is 298 g/mol. The van der Waals surface area contributed by atoms with E-state index in [1.165, 1.54) is 4.88 Å². The smallest absolute Gasteiger partial charge is 0.122 e. The fraction of sp³-hybridized carbons (Fsp3) is 0.429. The molecule has 2 aromatic heterocycles. The van der Waals surface area contributed by atoms with E-state index in [-0.39, 0.29) is 12.1 Å². The molecule has 2 atom stereocenters. The minimum absolute atomic E-state index is 0.00835. The lowest BCUT2D eigenvalue weighted by molar-refractivity contribution is 0.184. The van der Waals surface area contributed by atoms with Gasteiger partial charge in [-0.15, -0.1) is 11.3 Å². The maximum absolute atomic E-state index is 6.11. The van der Waals surface area contributed by atoms with Gasteiger partial charge in [0.2, 0.25) is 0 Å². The molecule has 0 radical (unpaired) electrons. The van der Waals surface area contributed by atoms with E-state index in [1.807, 2.05) is 32.0 Å². The van der Waals surface area contributed by atoms with E-state index in [9.17, 15) is 0 Å². The van der Waals surface area contributed by atoms with Crippen molar-refractivity contribution in [1.82, 2.24) is 4.90 Å². The summed E-state index contributed by atoms with van der Waals surface area (Å²) in [6.45, 7) is 4.75. The van der Waals surface area contributed by atoms with Crippen LogP contribution < -0.4 is 5.73 Å². The number of hydrogen-bond donors (Lipinski definition) is 1. The zero-order valence-corrected chi connectivity index (χ0v) is 13.0. The van der Waals surface area contributed by atoms with Crippen LogP contribution >= 0.6 is 22.9 Å². The first kappa shape index (κ1) is 14.6. The summed E-state index contributed by atoms with van der Waals surface area (Å²) in [5.41, 5.74) is 6.11. The van der Waals surface area contributed by atoms with Crippen molar-refractivity contribution < 1.29 is 4.42 Å². The van der Waals surface area contributed by atoms with E-state index in [2.05, 4.69) is 18.0 Å². The third-order valence-corrected chi connectivity index (χ3v) is 4.28. The number of rotatable bonds is 5. The number of hydrogen-bond acceptors (Lipinski definition) is 4. The van der Waals surface area contributed by atoms with Crippen LogP contribution in [0.2, 0.25) is 4.34 Å². The standard InChI is InChI=1S/C14H19ClN2OS/c1-9-4-6-12(18-9)14(10(2)16)17(3)8-11-5-7-13(15)19-11/h4-7,10,14H,8,16H2,1-3H3. The molecule has 0 bridgehead atoms. The van der Waals surface area contributed by atoms with Gasteiger partial charge in [-0.05, 0) is 45.2 Å². The molecule has 19 heavy (non-hydrogen) atoms. The predicted octanol–water partition coefficient (Wildman–Crippen LogP) is 3.82. The van der Waals surface area contributed by atoms with Crippen molar-refractivity contribution in [1.29, 1.82) is 0 Å². The summed E-state index contributed by atoms with van der Waals surface area (Å²) in [6.07, 6.45) is 0. The molecule has 0 aromatic carbocycles. The SMILES string of the molecule is Cc1ccc(C(C(C)N)N(C)Cc2ccc(Cl)s2)o1. The van der Waals surface area contributed by atoms with Crippen LogP contribution in [0.25, 0.3) is 0 Å². The summed E-state index contributed by atoms with van der Waals surface area (Å²) in [4.78, 5) is 3.42. The highest BCUT2D eigenvalue weighted by atomic mass is 35.5. The van der Waals surface area contributed by atoms with E-state index in [0.717, 1.165) is 22.4 Å². The largest absolute Gasteiger partial charge is 0.465 e. The zero-order chi connectivity index (χ0) is 14.0. The Morgan fingerprint density at radius 3 is 2.58 bits per heavy atom. The molecule has 2 heterocycles. The fourth-order valence-corrected chi connectivity index (χ4v) is 3.42. The van der Waals surface area contributed by atoms with Crippen molar-refractivity contribution in [2.24, 2.45) is 5.73 Å². The maximum atomic E-state index is 6.11. The lowest BCUT2D eigenvalue weighted by Gasteiger charge is -2.29. The van der Waals surface area contributed by atoms with Crippen molar-refractivity contribution >= 4 is 22.9 Å². The Balaban J connectivity index is 2.15. The normalized spacial score (nSPS) is 14.8. The van der Waals surface area contributed by atoms with Gasteiger partial charge >= 0.3 is 0 Å². The number of halogens is 1. The van der Waals surface area contributed by atoms with Gasteiger partial charge in [0.15, 0.2) is 0 Å². The van der Waals surface area contributed by atoms with Gasteiger partial charge < -0.3 is 10.2 Å². The summed E-state index contributed by atoms with van der Waals surface area (Å²) in [5.74, 6) is 1.82. The first-order valence-corrected chi connectivity index (χ1v) is 7.43. The molecular weight excluding hydrogens is 280 g/mol. The summed E-state index contributed by atoms with van der Waals surface area (Å²) in [7, 11) is 2.06. The number of nitrogens with zero attached hydrogens (tertiary/aromatic N) is 1. The Kier molecular flexibility index (Phi) is 4.68. The van der Waals surface area contributed by atoms with E-state index in [1.54, 1.807) is 11.3 Å². The second-order valence-electron chi connectivity index (χ2n) is 4.87. The Bertz CT molecular complexity index is 535. The Hall–Kier alpha value is -0.810. The van der Waals surface area contributed by atoms with Gasteiger partial charge in [0.25, 0.3) is 0 Å². The molecule has 0 fully saturated rings. The zero-order valence-electron chi connectivity index (χ0n) is 11.4. The van der Waals surface area contributed by atoms with Crippen LogP contribution in [0.1, 0.15) is 29.4 Å². The Morgan fingerprint density at radius 1 is 1.37 bits per heavy atom. The van der Waals surface area contributed by atoms with Crippen molar-refractivity contribution in [3.63, 3.8) is 0 Å². The van der Waals surface area contributed by atoms with Gasteiger partial charge in [0.05, 0.1) is 10.4 Å². The maximum Gasteiger partial charge on any atom is 0.122 e. The molecule has 0 aliphatic carbocycles. The number of furan rings is 1. The average molecular weight is 299 g/mol. The summed E-state index contributed by atoms with van der Waals surface area (Å²) >= 11 is 7.56. The second-order valence-corrected chi connectivity index (χ2v) is 6.67. The Morgan fingerprint density at radius 2 is 2.11 bits per heavy atom. The van der Waals surface area contributed by atoms with Crippen molar-refractivity contribution in [3.8, 4) is 0 Å². The highest BCUT2D eigenvalue weighted by molar-refractivity contribution is 7.16. The molecule has 0 saturated carbocycles. The van der Waals surface area contributed by atoms with Crippen LogP contribution in [0.3, 0.4) is 0 Å². The van der Waals surface area contributed by atoms with Crippen LogP contribution in [0.5, 0.6) is 0 Å². The van der Waals surface area contributed by atoms with Gasteiger partial charge in [-0.2, -0.15) is 0 Å². The molecule has 104 valence electrons. The fourth-order valence-electron chi connectivity index (χ4n) is 2.27. The lowest BCUT2D eigenvalue weighted by Crippen LogP contribution is -2.36. The van der Waals surface area contributed by atoms with Crippen LogP contribution in [0.15, 0.2) is 28.7 Å². The van der Waals surface area contributed by atoms with Crippen LogP contribution in [0.4, 0.5) is 0 Å². The molecule has 2 N–H and O–H groups in total. The molecule has 2 rings (SSSR count). The molecule has 0 amide bonds. The van der Waals surface area contributed by atoms with E-state index in [4.69, 9.17) is 21.8 Å². The first-order chi connectivity index (χ1) is 8.97. The summed E-state index contributed by atoms with van der Waals surface area (Å²) in [5, 5.41) is 0. The molecule has 0 spiro atoms. The van der Waals surface area contributed by atoms with Crippen LogP contribution in [-0.4, -0.2) is 18.0 Å². The molecule has 0 saturated heterocycles. The number of thiophene rings is 1. The molecule has 0 aliphatic rings. The summed E-state index contributed by atoms with van der Waals surface area (Å²) < 4.78 is 6.54. The average Bonchev–Trinajstić information content (AvgIpc) is 2.88. The third kappa shape index (κ3) is 3.60. The Labute approximate surface area is 123 Å². The summed E-state index contributed by atoms with van der Waals surface area (Å²) in [6, 6.07) is 8.00. The van der Waals surface area contributed by atoms with Gasteiger partial charge in [0.1, 0.15) is 11.5 Å². The minimum atomic E-state index is -0.00835. The molecule has 2 aromatic rings. The topological polar surface area (TPSA) is 42.4 Å².